The van der Waals surface area contributed by atoms with Gasteiger partial charge in [0.05, 0.1) is 6.10 Å². The van der Waals surface area contributed by atoms with Crippen LogP contribution in [0, 0.1) is 5.92 Å². The maximum Gasteiger partial charge on any atom is 0.256 e. The Morgan fingerprint density at radius 3 is 2.33 bits per heavy atom. The maximum atomic E-state index is 13.0. The van der Waals surface area contributed by atoms with Crippen molar-refractivity contribution in [1.82, 2.24) is 0 Å². The van der Waals surface area contributed by atoms with Gasteiger partial charge in [-0.2, -0.15) is 0 Å². The molecule has 2 unspecified atom stereocenters. The molecule has 1 amide bonds. The Balaban J connectivity index is 2.36. The maximum absolute atomic E-state index is 13.0. The van der Waals surface area contributed by atoms with Crippen LogP contribution in [0.5, 0.6) is 5.75 Å². The molecule has 4 nitrogen and oxygen atoms in total. The largest absolute Gasteiger partial charge is 0.490 e. The molecule has 2 atom stereocenters. The zero-order valence-electron chi connectivity index (χ0n) is 17.5. The summed E-state index contributed by atoms with van der Waals surface area (Å²) in [7, 11) is 0. The summed E-state index contributed by atoms with van der Waals surface area (Å²) in [5.74, 6) is 1.09. The highest BCUT2D eigenvalue weighted by atomic mass is 16.5. The molecule has 0 spiro atoms. The van der Waals surface area contributed by atoms with Gasteiger partial charge in [-0.25, -0.2) is 0 Å². The fraction of sp³-hybridized carbons (Fsp3) is 0.522. The number of anilines is 1. The minimum Gasteiger partial charge on any atom is -0.490 e. The van der Waals surface area contributed by atoms with Crippen molar-refractivity contribution in [3.63, 3.8) is 0 Å². The Morgan fingerprint density at radius 2 is 1.74 bits per heavy atom. The molecule has 148 valence electrons. The summed E-state index contributed by atoms with van der Waals surface area (Å²) < 4.78 is 11.9. The summed E-state index contributed by atoms with van der Waals surface area (Å²) >= 11 is 0. The molecule has 0 bridgehead atoms. The topological polar surface area (TPSA) is 47.6 Å². The third kappa shape index (κ3) is 5.23. The first-order valence-electron chi connectivity index (χ1n) is 9.94. The molecule has 2 rings (SSSR count). The van der Waals surface area contributed by atoms with Crippen LogP contribution in [0.3, 0.4) is 0 Å². The Labute approximate surface area is 163 Å². The lowest BCUT2D eigenvalue weighted by Crippen LogP contribution is -2.44. The Bertz CT molecular complexity index is 771. The molecule has 0 aliphatic heterocycles. The molecule has 4 heteroatoms. The van der Waals surface area contributed by atoms with Gasteiger partial charge in [0.1, 0.15) is 11.4 Å². The number of benzene rings is 2. The van der Waals surface area contributed by atoms with Crippen molar-refractivity contribution in [3.8, 4) is 5.75 Å². The molecule has 0 aliphatic rings. The quantitative estimate of drug-likeness (QED) is 0.606. The monoisotopic (exact) mass is 371 g/mol. The number of carbonyl (C=O) groups is 1. The van der Waals surface area contributed by atoms with Gasteiger partial charge in [-0.05, 0) is 51.7 Å². The molecular weight excluding hydrogens is 338 g/mol. The van der Waals surface area contributed by atoms with Gasteiger partial charge in [0.2, 0.25) is 0 Å². The number of fused-ring (bicyclic) bond motifs is 1. The Kier molecular flexibility index (Phi) is 7.25. The Morgan fingerprint density at radius 1 is 1.07 bits per heavy atom. The van der Waals surface area contributed by atoms with E-state index in [0.717, 1.165) is 28.6 Å². The molecular formula is C23H33NO3. The minimum absolute atomic E-state index is 0.112. The van der Waals surface area contributed by atoms with Gasteiger partial charge >= 0.3 is 0 Å². The molecule has 27 heavy (non-hydrogen) atoms. The standard InChI is InChI=1S/C23H33NO3/c1-7-17(5)27-21-14-13-20(18-11-9-10-12-19(18)21)24-22(25)23(6,26-8-2)15-16(3)4/h9-14,16-17H,7-8,15H2,1-6H3,(H,24,25). The van der Waals surface area contributed by atoms with Gasteiger partial charge in [0, 0.05) is 23.1 Å². The zero-order valence-corrected chi connectivity index (χ0v) is 17.5. The molecule has 0 aromatic heterocycles. The molecule has 2 aromatic rings. The predicted molar refractivity (Wildman–Crippen MR) is 112 cm³/mol. The second-order valence-electron chi connectivity index (χ2n) is 7.71. The molecule has 1 N–H and O–H groups in total. The van der Waals surface area contributed by atoms with Crippen LogP contribution < -0.4 is 10.1 Å². The SMILES string of the molecule is CCOC(C)(CC(C)C)C(=O)Nc1ccc(OC(C)CC)c2ccccc12. The van der Waals surface area contributed by atoms with Gasteiger partial charge in [0.15, 0.2) is 0 Å². The summed E-state index contributed by atoms with van der Waals surface area (Å²) in [5.41, 5.74) is -0.0718. The van der Waals surface area contributed by atoms with E-state index in [2.05, 4.69) is 33.0 Å². The molecule has 2 aromatic carbocycles. The van der Waals surface area contributed by atoms with E-state index in [4.69, 9.17) is 9.47 Å². The molecule has 0 saturated heterocycles. The number of carbonyl (C=O) groups excluding carboxylic acids is 1. The lowest BCUT2D eigenvalue weighted by molar-refractivity contribution is -0.140. The highest BCUT2D eigenvalue weighted by Crippen LogP contribution is 2.33. The molecule has 0 fully saturated rings. The number of hydrogen-bond donors (Lipinski definition) is 1. The second kappa shape index (κ2) is 9.23. The van der Waals surface area contributed by atoms with E-state index in [9.17, 15) is 4.79 Å². The van der Waals surface area contributed by atoms with Crippen molar-refractivity contribution < 1.29 is 14.3 Å². The normalized spacial score (nSPS) is 14.8. The van der Waals surface area contributed by atoms with Gasteiger partial charge < -0.3 is 14.8 Å². The lowest BCUT2D eigenvalue weighted by Gasteiger charge is -2.30. The van der Waals surface area contributed by atoms with Crippen molar-refractivity contribution in [2.45, 2.75) is 66.1 Å². The first-order chi connectivity index (χ1) is 12.8. The second-order valence-corrected chi connectivity index (χ2v) is 7.71. The van der Waals surface area contributed by atoms with Crippen LogP contribution in [0.2, 0.25) is 0 Å². The van der Waals surface area contributed by atoms with Gasteiger partial charge in [0.25, 0.3) is 5.91 Å². The lowest BCUT2D eigenvalue weighted by atomic mass is 9.92. The fourth-order valence-electron chi connectivity index (χ4n) is 3.35. The van der Waals surface area contributed by atoms with Gasteiger partial charge in [-0.15, -0.1) is 0 Å². The number of ether oxygens (including phenoxy) is 2. The average Bonchev–Trinajstić information content (AvgIpc) is 2.63. The van der Waals surface area contributed by atoms with E-state index in [0.29, 0.717) is 18.9 Å². The highest BCUT2D eigenvalue weighted by molar-refractivity contribution is 6.06. The summed E-state index contributed by atoms with van der Waals surface area (Å²) in [6.45, 7) is 12.6. The summed E-state index contributed by atoms with van der Waals surface area (Å²) in [6, 6.07) is 11.8. The van der Waals surface area contributed by atoms with Crippen LogP contribution in [0.1, 0.15) is 54.4 Å². The van der Waals surface area contributed by atoms with Crippen molar-refractivity contribution in [3.05, 3.63) is 36.4 Å². The van der Waals surface area contributed by atoms with E-state index in [-0.39, 0.29) is 12.0 Å². The number of rotatable bonds is 9. The molecule has 0 radical (unpaired) electrons. The van der Waals surface area contributed by atoms with Crippen LogP contribution in [0.4, 0.5) is 5.69 Å². The van der Waals surface area contributed by atoms with Crippen molar-refractivity contribution in [2.24, 2.45) is 5.92 Å². The molecule has 0 aliphatic carbocycles. The van der Waals surface area contributed by atoms with Crippen LogP contribution >= 0.6 is 0 Å². The predicted octanol–water partition coefficient (Wildman–Crippen LogP) is 5.80. The zero-order chi connectivity index (χ0) is 20.0. The third-order valence-electron chi connectivity index (χ3n) is 4.78. The highest BCUT2D eigenvalue weighted by Gasteiger charge is 2.35. The summed E-state index contributed by atoms with van der Waals surface area (Å²) in [6.07, 6.45) is 1.75. The number of hydrogen-bond acceptors (Lipinski definition) is 3. The number of amides is 1. The van der Waals surface area contributed by atoms with Crippen LogP contribution in [0.15, 0.2) is 36.4 Å². The fourth-order valence-corrected chi connectivity index (χ4v) is 3.35. The first kappa shape index (κ1) is 21.2. The average molecular weight is 372 g/mol. The van der Waals surface area contributed by atoms with Crippen molar-refractivity contribution >= 4 is 22.4 Å². The Hall–Kier alpha value is -2.07. The van der Waals surface area contributed by atoms with Crippen LogP contribution in [0.25, 0.3) is 10.8 Å². The van der Waals surface area contributed by atoms with E-state index >= 15 is 0 Å². The smallest absolute Gasteiger partial charge is 0.256 e. The molecule has 0 heterocycles. The van der Waals surface area contributed by atoms with Crippen LogP contribution in [-0.4, -0.2) is 24.2 Å². The van der Waals surface area contributed by atoms with E-state index in [1.807, 2.05) is 50.2 Å². The van der Waals surface area contributed by atoms with Crippen LogP contribution in [-0.2, 0) is 9.53 Å². The van der Waals surface area contributed by atoms with Crippen molar-refractivity contribution in [2.75, 3.05) is 11.9 Å². The van der Waals surface area contributed by atoms with Crippen molar-refractivity contribution in [1.29, 1.82) is 0 Å². The summed E-state index contributed by atoms with van der Waals surface area (Å²) in [5, 5.41) is 5.06. The minimum atomic E-state index is -0.851. The summed E-state index contributed by atoms with van der Waals surface area (Å²) in [4.78, 5) is 13.0. The number of nitrogens with one attached hydrogen (secondary N) is 1. The van der Waals surface area contributed by atoms with Gasteiger partial charge in [-0.3, -0.25) is 4.79 Å². The first-order valence-corrected chi connectivity index (χ1v) is 9.94. The van der Waals surface area contributed by atoms with Gasteiger partial charge in [-0.1, -0.05) is 45.0 Å². The van der Waals surface area contributed by atoms with E-state index in [1.54, 1.807) is 0 Å². The van der Waals surface area contributed by atoms with E-state index < -0.39 is 5.60 Å². The van der Waals surface area contributed by atoms with E-state index in [1.165, 1.54) is 0 Å². The molecule has 0 saturated carbocycles. The third-order valence-corrected chi connectivity index (χ3v) is 4.78.